The smallest absolute Gasteiger partial charge is 0.322 e. The quantitative estimate of drug-likeness (QED) is 0.862. The summed E-state index contributed by atoms with van der Waals surface area (Å²) in [5, 5.41) is 2.25. The molecule has 0 spiro atoms. The van der Waals surface area contributed by atoms with Crippen molar-refractivity contribution in [2.75, 3.05) is 31.5 Å². The molecule has 0 bridgehead atoms. The largest absolute Gasteiger partial charge is 0.341 e. The maximum Gasteiger partial charge on any atom is 0.322 e. The Morgan fingerprint density at radius 2 is 1.62 bits per heavy atom. The van der Waals surface area contributed by atoms with E-state index in [0.29, 0.717) is 32.6 Å². The number of urea groups is 1. The van der Waals surface area contributed by atoms with Crippen LogP contribution < -0.4 is 5.32 Å². The second-order valence-electron chi connectivity index (χ2n) is 4.87. The van der Waals surface area contributed by atoms with Crippen LogP contribution in [0.25, 0.3) is 0 Å². The van der Waals surface area contributed by atoms with Gasteiger partial charge in [-0.3, -0.25) is 4.79 Å². The van der Waals surface area contributed by atoms with Crippen LogP contribution in [0.15, 0.2) is 18.2 Å². The van der Waals surface area contributed by atoms with Gasteiger partial charge in [0.1, 0.15) is 17.3 Å². The third-order valence-corrected chi connectivity index (χ3v) is 3.42. The standard InChI is InChI=1S/C14H17F2N3O2/c1-10(20)18-6-3-7-19(9-8-18)14(21)17-13-11(15)4-2-5-12(13)16/h2,4-5H,3,6-9H2,1H3,(H,17,21). The number of halogens is 2. The lowest BCUT2D eigenvalue weighted by atomic mass is 10.3. The number of benzene rings is 1. The van der Waals surface area contributed by atoms with Crippen LogP contribution in [0.2, 0.25) is 0 Å². The molecule has 1 heterocycles. The Morgan fingerprint density at radius 3 is 2.24 bits per heavy atom. The molecule has 0 aromatic heterocycles. The number of nitrogens with zero attached hydrogens (tertiary/aromatic N) is 2. The van der Waals surface area contributed by atoms with Gasteiger partial charge in [-0.15, -0.1) is 0 Å². The van der Waals surface area contributed by atoms with E-state index in [0.717, 1.165) is 12.1 Å². The second kappa shape index (κ2) is 6.51. The number of carbonyl (C=O) groups excluding carboxylic acids is 2. The van der Waals surface area contributed by atoms with Crippen LogP contribution in [0.4, 0.5) is 19.3 Å². The number of hydrogen-bond acceptors (Lipinski definition) is 2. The number of nitrogens with one attached hydrogen (secondary N) is 1. The van der Waals surface area contributed by atoms with Crippen LogP contribution in [0.5, 0.6) is 0 Å². The van der Waals surface area contributed by atoms with E-state index in [-0.39, 0.29) is 5.91 Å². The average molecular weight is 297 g/mol. The fourth-order valence-corrected chi connectivity index (χ4v) is 2.24. The summed E-state index contributed by atoms with van der Waals surface area (Å²) in [5.41, 5.74) is -0.449. The molecule has 1 aliphatic heterocycles. The molecule has 3 amide bonds. The summed E-state index contributed by atoms with van der Waals surface area (Å²) in [6.45, 7) is 3.24. The maximum atomic E-state index is 13.5. The van der Waals surface area contributed by atoms with E-state index in [1.54, 1.807) is 4.90 Å². The lowest BCUT2D eigenvalue weighted by Gasteiger charge is -2.22. The van der Waals surface area contributed by atoms with E-state index >= 15 is 0 Å². The van der Waals surface area contributed by atoms with Crippen molar-refractivity contribution in [2.24, 2.45) is 0 Å². The van der Waals surface area contributed by atoms with Gasteiger partial charge in [-0.05, 0) is 18.6 Å². The van der Waals surface area contributed by atoms with Crippen molar-refractivity contribution in [1.82, 2.24) is 9.80 Å². The fraction of sp³-hybridized carbons (Fsp3) is 0.429. The van der Waals surface area contributed by atoms with Crippen molar-refractivity contribution < 1.29 is 18.4 Å². The molecule has 1 aliphatic rings. The normalized spacial score (nSPS) is 15.6. The molecule has 21 heavy (non-hydrogen) atoms. The van der Waals surface area contributed by atoms with Gasteiger partial charge in [-0.25, -0.2) is 13.6 Å². The van der Waals surface area contributed by atoms with Gasteiger partial charge in [0.05, 0.1) is 0 Å². The molecule has 0 atom stereocenters. The van der Waals surface area contributed by atoms with Gasteiger partial charge in [0, 0.05) is 33.1 Å². The molecule has 2 rings (SSSR count). The van der Waals surface area contributed by atoms with Gasteiger partial charge in [0.2, 0.25) is 5.91 Å². The zero-order valence-corrected chi connectivity index (χ0v) is 11.7. The number of anilines is 1. The Morgan fingerprint density at radius 1 is 1.05 bits per heavy atom. The fourth-order valence-electron chi connectivity index (χ4n) is 2.24. The first-order valence-corrected chi connectivity index (χ1v) is 6.74. The minimum Gasteiger partial charge on any atom is -0.341 e. The van der Waals surface area contributed by atoms with E-state index in [2.05, 4.69) is 5.32 Å². The third-order valence-electron chi connectivity index (χ3n) is 3.42. The van der Waals surface area contributed by atoms with E-state index in [1.165, 1.54) is 17.9 Å². The van der Waals surface area contributed by atoms with Crippen LogP contribution in [0.3, 0.4) is 0 Å². The molecule has 0 radical (unpaired) electrons. The summed E-state index contributed by atoms with van der Waals surface area (Å²) in [7, 11) is 0. The van der Waals surface area contributed by atoms with E-state index < -0.39 is 23.4 Å². The first kappa shape index (κ1) is 15.2. The minimum absolute atomic E-state index is 0.0441. The van der Waals surface area contributed by atoms with Gasteiger partial charge in [0.15, 0.2) is 0 Å². The molecule has 1 aromatic rings. The van der Waals surface area contributed by atoms with Gasteiger partial charge in [0.25, 0.3) is 0 Å². The van der Waals surface area contributed by atoms with E-state index in [4.69, 9.17) is 0 Å². The first-order chi connectivity index (χ1) is 9.99. The zero-order valence-electron chi connectivity index (χ0n) is 11.7. The van der Waals surface area contributed by atoms with E-state index in [1.807, 2.05) is 0 Å². The molecular weight excluding hydrogens is 280 g/mol. The molecule has 1 fully saturated rings. The highest BCUT2D eigenvalue weighted by molar-refractivity contribution is 5.89. The molecule has 114 valence electrons. The number of rotatable bonds is 1. The summed E-state index contributed by atoms with van der Waals surface area (Å²) in [6, 6.07) is 2.83. The molecule has 1 saturated heterocycles. The summed E-state index contributed by atoms with van der Waals surface area (Å²) in [4.78, 5) is 26.5. The summed E-state index contributed by atoms with van der Waals surface area (Å²) >= 11 is 0. The highest BCUT2D eigenvalue weighted by Crippen LogP contribution is 2.18. The van der Waals surface area contributed by atoms with Gasteiger partial charge >= 0.3 is 6.03 Å². The summed E-state index contributed by atoms with van der Waals surface area (Å²) in [6.07, 6.45) is 0.632. The van der Waals surface area contributed by atoms with Crippen LogP contribution in [0, 0.1) is 11.6 Å². The van der Waals surface area contributed by atoms with Crippen LogP contribution in [-0.4, -0.2) is 47.9 Å². The number of para-hydroxylation sites is 1. The van der Waals surface area contributed by atoms with Crippen molar-refractivity contribution in [3.63, 3.8) is 0 Å². The topological polar surface area (TPSA) is 52.7 Å². The Hall–Kier alpha value is -2.18. The predicted octanol–water partition coefficient (Wildman–Crippen LogP) is 2.05. The van der Waals surface area contributed by atoms with Gasteiger partial charge in [-0.1, -0.05) is 6.07 Å². The van der Waals surface area contributed by atoms with E-state index in [9.17, 15) is 18.4 Å². The van der Waals surface area contributed by atoms with Crippen molar-refractivity contribution in [2.45, 2.75) is 13.3 Å². The predicted molar refractivity (Wildman–Crippen MR) is 73.8 cm³/mol. The lowest BCUT2D eigenvalue weighted by molar-refractivity contribution is -0.128. The zero-order chi connectivity index (χ0) is 15.4. The van der Waals surface area contributed by atoms with Gasteiger partial charge in [-0.2, -0.15) is 0 Å². The number of carbonyl (C=O) groups is 2. The SMILES string of the molecule is CC(=O)N1CCCN(C(=O)Nc2c(F)cccc2F)CC1. The summed E-state index contributed by atoms with van der Waals surface area (Å²) < 4.78 is 27.0. The maximum absolute atomic E-state index is 13.5. The van der Waals surface area contributed by atoms with Crippen LogP contribution in [-0.2, 0) is 4.79 Å². The van der Waals surface area contributed by atoms with Crippen molar-refractivity contribution in [1.29, 1.82) is 0 Å². The minimum atomic E-state index is -0.816. The van der Waals surface area contributed by atoms with Crippen molar-refractivity contribution >= 4 is 17.6 Å². The van der Waals surface area contributed by atoms with Crippen LogP contribution >= 0.6 is 0 Å². The molecular formula is C14H17F2N3O2. The Kier molecular flexibility index (Phi) is 4.72. The third kappa shape index (κ3) is 3.68. The number of amides is 3. The number of hydrogen-bond donors (Lipinski definition) is 1. The van der Waals surface area contributed by atoms with Crippen molar-refractivity contribution in [3.05, 3.63) is 29.8 Å². The first-order valence-electron chi connectivity index (χ1n) is 6.74. The second-order valence-corrected chi connectivity index (χ2v) is 4.87. The van der Waals surface area contributed by atoms with Crippen LogP contribution in [0.1, 0.15) is 13.3 Å². The molecule has 1 N–H and O–H groups in total. The molecule has 1 aromatic carbocycles. The molecule has 0 saturated carbocycles. The Bertz CT molecular complexity index is 531. The van der Waals surface area contributed by atoms with Crippen molar-refractivity contribution in [3.8, 4) is 0 Å². The molecule has 0 unspecified atom stereocenters. The molecule has 5 nitrogen and oxygen atoms in total. The van der Waals surface area contributed by atoms with Gasteiger partial charge < -0.3 is 15.1 Å². The molecule has 0 aliphatic carbocycles. The molecule has 7 heteroatoms. The Balaban J connectivity index is 2.02. The highest BCUT2D eigenvalue weighted by atomic mass is 19.1. The monoisotopic (exact) mass is 297 g/mol. The summed E-state index contributed by atoms with van der Waals surface area (Å²) in [5.74, 6) is -1.68. The lowest BCUT2D eigenvalue weighted by Crippen LogP contribution is -2.39. The average Bonchev–Trinajstić information content (AvgIpc) is 2.69. The highest BCUT2D eigenvalue weighted by Gasteiger charge is 2.21. The Labute approximate surface area is 121 Å².